The Morgan fingerprint density at radius 2 is 1.72 bits per heavy atom. The second-order valence-electron chi connectivity index (χ2n) is 5.42. The van der Waals surface area contributed by atoms with Gasteiger partial charge in [-0.3, -0.25) is 9.59 Å². The fourth-order valence-electron chi connectivity index (χ4n) is 2.39. The minimum absolute atomic E-state index is 0.0597. The number of pyridine rings is 1. The largest absolute Gasteiger partial charge is 0.322 e. The van der Waals surface area contributed by atoms with Crippen LogP contribution in [0.15, 0.2) is 71.7 Å². The fourth-order valence-corrected chi connectivity index (χ4v) is 2.68. The molecule has 25 heavy (non-hydrogen) atoms. The zero-order valence-electron chi connectivity index (χ0n) is 13.1. The SMILES string of the molecule is O=C(Nc1ccc(Cl)c(Cl)c1)c1cccn(Cc2ccccc2)c1=O. The number of benzene rings is 2. The van der Waals surface area contributed by atoms with E-state index in [1.165, 1.54) is 16.7 Å². The lowest BCUT2D eigenvalue weighted by Crippen LogP contribution is -2.29. The molecule has 1 heterocycles. The first-order chi connectivity index (χ1) is 12.0. The Labute approximate surface area is 154 Å². The number of amides is 1. The van der Waals surface area contributed by atoms with Gasteiger partial charge in [0.15, 0.2) is 0 Å². The molecule has 0 aliphatic carbocycles. The summed E-state index contributed by atoms with van der Waals surface area (Å²) >= 11 is 11.8. The maximum Gasteiger partial charge on any atom is 0.263 e. The molecule has 0 bridgehead atoms. The molecule has 2 aromatic carbocycles. The molecule has 3 rings (SSSR count). The van der Waals surface area contributed by atoms with E-state index < -0.39 is 5.91 Å². The third-order valence-corrected chi connectivity index (χ3v) is 4.38. The number of halogens is 2. The van der Waals surface area contributed by atoms with Crippen molar-refractivity contribution in [3.63, 3.8) is 0 Å². The fraction of sp³-hybridized carbons (Fsp3) is 0.0526. The van der Waals surface area contributed by atoms with Gasteiger partial charge >= 0.3 is 0 Å². The summed E-state index contributed by atoms with van der Waals surface area (Å²) in [5, 5.41) is 3.38. The number of hydrogen-bond acceptors (Lipinski definition) is 2. The molecule has 0 spiro atoms. The lowest BCUT2D eigenvalue weighted by Gasteiger charge is -2.09. The highest BCUT2D eigenvalue weighted by atomic mass is 35.5. The van der Waals surface area contributed by atoms with Crippen LogP contribution in [0.3, 0.4) is 0 Å². The van der Waals surface area contributed by atoms with Crippen LogP contribution < -0.4 is 10.9 Å². The predicted molar refractivity (Wildman–Crippen MR) is 101 cm³/mol. The smallest absolute Gasteiger partial charge is 0.263 e. The molecule has 0 radical (unpaired) electrons. The standard InChI is InChI=1S/C19H14Cl2N2O2/c20-16-9-8-14(11-17(16)21)22-18(24)15-7-4-10-23(19(15)25)12-13-5-2-1-3-6-13/h1-11H,12H2,(H,22,24). The normalized spacial score (nSPS) is 10.5. The first-order valence-electron chi connectivity index (χ1n) is 7.54. The lowest BCUT2D eigenvalue weighted by atomic mass is 10.2. The molecule has 0 aliphatic rings. The molecule has 0 saturated heterocycles. The molecule has 1 amide bonds. The van der Waals surface area contributed by atoms with Crippen molar-refractivity contribution >= 4 is 34.8 Å². The molecular weight excluding hydrogens is 359 g/mol. The van der Waals surface area contributed by atoms with Gasteiger partial charge in [0, 0.05) is 11.9 Å². The molecule has 126 valence electrons. The minimum Gasteiger partial charge on any atom is -0.322 e. The van der Waals surface area contributed by atoms with Gasteiger partial charge < -0.3 is 9.88 Å². The van der Waals surface area contributed by atoms with E-state index in [1.807, 2.05) is 30.3 Å². The molecule has 0 aliphatic heterocycles. The zero-order chi connectivity index (χ0) is 17.8. The Bertz CT molecular complexity index is 969. The topological polar surface area (TPSA) is 51.1 Å². The van der Waals surface area contributed by atoms with Crippen LogP contribution in [-0.4, -0.2) is 10.5 Å². The highest BCUT2D eigenvalue weighted by Gasteiger charge is 2.13. The van der Waals surface area contributed by atoms with E-state index in [2.05, 4.69) is 5.32 Å². The number of carbonyl (C=O) groups is 1. The second kappa shape index (κ2) is 7.55. The molecule has 0 saturated carbocycles. The number of rotatable bonds is 4. The van der Waals surface area contributed by atoms with Crippen LogP contribution in [0.1, 0.15) is 15.9 Å². The van der Waals surface area contributed by atoms with Gasteiger partial charge in [0.1, 0.15) is 5.56 Å². The first-order valence-corrected chi connectivity index (χ1v) is 8.30. The monoisotopic (exact) mass is 372 g/mol. The molecule has 3 aromatic rings. The molecule has 1 N–H and O–H groups in total. The average Bonchev–Trinajstić information content (AvgIpc) is 2.61. The Kier molecular flexibility index (Phi) is 5.22. The average molecular weight is 373 g/mol. The number of aromatic nitrogens is 1. The highest BCUT2D eigenvalue weighted by Crippen LogP contribution is 2.25. The van der Waals surface area contributed by atoms with Gasteiger partial charge in [-0.2, -0.15) is 0 Å². The van der Waals surface area contributed by atoms with Crippen molar-refractivity contribution in [2.75, 3.05) is 5.32 Å². The summed E-state index contributed by atoms with van der Waals surface area (Å²) in [7, 11) is 0. The third kappa shape index (κ3) is 4.10. The summed E-state index contributed by atoms with van der Waals surface area (Å²) in [5.74, 6) is -0.495. The summed E-state index contributed by atoms with van der Waals surface area (Å²) in [6.45, 7) is 0.396. The first kappa shape index (κ1) is 17.3. The molecular formula is C19H14Cl2N2O2. The summed E-state index contributed by atoms with van der Waals surface area (Å²) in [5.41, 5.74) is 1.15. The van der Waals surface area contributed by atoms with E-state index in [1.54, 1.807) is 24.4 Å². The van der Waals surface area contributed by atoms with Crippen LogP contribution in [0.5, 0.6) is 0 Å². The van der Waals surface area contributed by atoms with Crippen molar-refractivity contribution in [3.05, 3.63) is 98.4 Å². The number of hydrogen-bond donors (Lipinski definition) is 1. The van der Waals surface area contributed by atoms with Gasteiger partial charge in [0.05, 0.1) is 16.6 Å². The van der Waals surface area contributed by atoms with E-state index >= 15 is 0 Å². The van der Waals surface area contributed by atoms with Gasteiger partial charge in [-0.1, -0.05) is 53.5 Å². The zero-order valence-corrected chi connectivity index (χ0v) is 14.6. The van der Waals surface area contributed by atoms with E-state index in [0.717, 1.165) is 5.56 Å². The summed E-state index contributed by atoms with van der Waals surface area (Å²) in [4.78, 5) is 25.0. The molecule has 0 unspecified atom stereocenters. The number of carbonyl (C=O) groups excluding carboxylic acids is 1. The van der Waals surface area contributed by atoms with E-state index in [4.69, 9.17) is 23.2 Å². The second-order valence-corrected chi connectivity index (χ2v) is 6.24. The molecule has 1 aromatic heterocycles. The Hall–Kier alpha value is -2.56. The Morgan fingerprint density at radius 3 is 2.44 bits per heavy atom. The van der Waals surface area contributed by atoms with Gasteiger partial charge in [0.25, 0.3) is 11.5 Å². The predicted octanol–water partition coefficient (Wildman–Crippen LogP) is 4.46. The van der Waals surface area contributed by atoms with Crippen molar-refractivity contribution in [2.24, 2.45) is 0 Å². The van der Waals surface area contributed by atoms with Gasteiger partial charge in [-0.25, -0.2) is 0 Å². The van der Waals surface area contributed by atoms with Crippen LogP contribution in [0.4, 0.5) is 5.69 Å². The van der Waals surface area contributed by atoms with Gasteiger partial charge in [-0.05, 0) is 35.9 Å². The quantitative estimate of drug-likeness (QED) is 0.734. The number of nitrogens with zero attached hydrogens (tertiary/aromatic N) is 1. The summed E-state index contributed by atoms with van der Waals surface area (Å²) < 4.78 is 1.50. The van der Waals surface area contributed by atoms with Crippen LogP contribution >= 0.6 is 23.2 Å². The van der Waals surface area contributed by atoms with Gasteiger partial charge in [-0.15, -0.1) is 0 Å². The number of nitrogens with one attached hydrogen (secondary N) is 1. The van der Waals surface area contributed by atoms with Crippen molar-refractivity contribution in [1.29, 1.82) is 0 Å². The van der Waals surface area contributed by atoms with Crippen molar-refractivity contribution in [3.8, 4) is 0 Å². The molecule has 0 fully saturated rings. The van der Waals surface area contributed by atoms with Crippen LogP contribution in [0.2, 0.25) is 10.0 Å². The van der Waals surface area contributed by atoms with Crippen LogP contribution in [0.25, 0.3) is 0 Å². The summed E-state index contributed by atoms with van der Waals surface area (Å²) in [6, 6.07) is 17.5. The van der Waals surface area contributed by atoms with Crippen LogP contribution in [0, 0.1) is 0 Å². The van der Waals surface area contributed by atoms with Crippen molar-refractivity contribution < 1.29 is 4.79 Å². The third-order valence-electron chi connectivity index (χ3n) is 3.64. The van der Waals surface area contributed by atoms with Crippen LogP contribution in [-0.2, 0) is 6.54 Å². The minimum atomic E-state index is -0.495. The number of anilines is 1. The molecule has 0 atom stereocenters. The maximum atomic E-state index is 12.6. The molecule has 4 nitrogen and oxygen atoms in total. The van der Waals surface area contributed by atoms with E-state index in [0.29, 0.717) is 22.3 Å². The highest BCUT2D eigenvalue weighted by molar-refractivity contribution is 6.42. The maximum absolute atomic E-state index is 12.6. The van der Waals surface area contributed by atoms with Crippen molar-refractivity contribution in [1.82, 2.24) is 4.57 Å². The Morgan fingerprint density at radius 1 is 0.960 bits per heavy atom. The van der Waals surface area contributed by atoms with E-state index in [9.17, 15) is 9.59 Å². The molecule has 6 heteroatoms. The van der Waals surface area contributed by atoms with Crippen molar-refractivity contribution in [2.45, 2.75) is 6.54 Å². The summed E-state index contributed by atoms with van der Waals surface area (Å²) in [6.07, 6.45) is 1.66. The van der Waals surface area contributed by atoms with E-state index in [-0.39, 0.29) is 11.1 Å². The Balaban J connectivity index is 1.84. The van der Waals surface area contributed by atoms with Gasteiger partial charge in [0.2, 0.25) is 0 Å². The lowest BCUT2D eigenvalue weighted by molar-refractivity contribution is 0.102.